The van der Waals surface area contributed by atoms with Crippen LogP contribution in [0.4, 0.5) is 4.79 Å². The van der Waals surface area contributed by atoms with E-state index in [9.17, 15) is 4.79 Å². The summed E-state index contributed by atoms with van der Waals surface area (Å²) in [6, 6.07) is 1.19. The van der Waals surface area contributed by atoms with Crippen molar-refractivity contribution in [3.63, 3.8) is 0 Å². The smallest absolute Gasteiger partial charge is 0.407 e. The number of rotatable bonds is 3. The fourth-order valence-corrected chi connectivity index (χ4v) is 3.27. The van der Waals surface area contributed by atoms with Crippen molar-refractivity contribution >= 4 is 6.09 Å². The molecule has 1 saturated carbocycles. The van der Waals surface area contributed by atoms with Crippen LogP contribution in [0.2, 0.25) is 0 Å². The third kappa shape index (κ3) is 5.47. The van der Waals surface area contributed by atoms with Crippen LogP contribution in [-0.2, 0) is 4.74 Å². The minimum absolute atomic E-state index is 0.208. The topological polar surface area (TPSA) is 53.6 Å². The van der Waals surface area contributed by atoms with Crippen LogP contribution in [-0.4, -0.2) is 54.9 Å². The number of piperidine rings is 1. The van der Waals surface area contributed by atoms with Gasteiger partial charge in [-0.15, -0.1) is 0 Å². The molecule has 1 aliphatic carbocycles. The van der Waals surface area contributed by atoms with Gasteiger partial charge in [-0.1, -0.05) is 0 Å². The number of hydrogen-bond acceptors (Lipinski definition) is 4. The molecular formula is C16H31N3O2. The molecule has 5 heteroatoms. The average molecular weight is 297 g/mol. The van der Waals surface area contributed by atoms with Crippen LogP contribution < -0.4 is 10.6 Å². The Morgan fingerprint density at radius 1 is 1.10 bits per heavy atom. The SMILES string of the molecule is CN1CCC(N[C@H]2CCC[C@H]2NC(=O)OC(C)(C)C)CC1. The minimum atomic E-state index is -0.431. The summed E-state index contributed by atoms with van der Waals surface area (Å²) < 4.78 is 5.37. The maximum Gasteiger partial charge on any atom is 0.407 e. The van der Waals surface area contributed by atoms with Crippen molar-refractivity contribution in [3.05, 3.63) is 0 Å². The largest absolute Gasteiger partial charge is 0.444 e. The summed E-state index contributed by atoms with van der Waals surface area (Å²) >= 11 is 0. The number of nitrogens with zero attached hydrogens (tertiary/aromatic N) is 1. The van der Waals surface area contributed by atoms with E-state index >= 15 is 0 Å². The van der Waals surface area contributed by atoms with Crippen molar-refractivity contribution < 1.29 is 9.53 Å². The molecule has 21 heavy (non-hydrogen) atoms. The number of alkyl carbamates (subject to hydrolysis) is 1. The molecule has 2 fully saturated rings. The zero-order chi connectivity index (χ0) is 15.5. The Bertz CT molecular complexity index is 346. The van der Waals surface area contributed by atoms with Gasteiger partial charge < -0.3 is 20.3 Å². The van der Waals surface area contributed by atoms with Crippen molar-refractivity contribution in [1.29, 1.82) is 0 Å². The maximum atomic E-state index is 11.9. The van der Waals surface area contributed by atoms with Crippen LogP contribution in [0, 0.1) is 0 Å². The molecule has 2 atom stereocenters. The Hall–Kier alpha value is -0.810. The van der Waals surface area contributed by atoms with Gasteiger partial charge in [0.15, 0.2) is 0 Å². The third-order valence-electron chi connectivity index (χ3n) is 4.39. The van der Waals surface area contributed by atoms with Gasteiger partial charge in [0, 0.05) is 18.1 Å². The molecule has 2 rings (SSSR count). The maximum absolute atomic E-state index is 11.9. The van der Waals surface area contributed by atoms with E-state index < -0.39 is 5.60 Å². The van der Waals surface area contributed by atoms with Crippen LogP contribution >= 0.6 is 0 Å². The summed E-state index contributed by atoms with van der Waals surface area (Å²) in [4.78, 5) is 14.3. The van der Waals surface area contributed by atoms with Crippen molar-refractivity contribution in [2.75, 3.05) is 20.1 Å². The number of amides is 1. The van der Waals surface area contributed by atoms with Crippen molar-refractivity contribution in [1.82, 2.24) is 15.5 Å². The average Bonchev–Trinajstić information content (AvgIpc) is 2.77. The first-order valence-electron chi connectivity index (χ1n) is 8.27. The highest BCUT2D eigenvalue weighted by atomic mass is 16.6. The first kappa shape index (κ1) is 16.6. The van der Waals surface area contributed by atoms with Crippen LogP contribution in [0.1, 0.15) is 52.9 Å². The van der Waals surface area contributed by atoms with Gasteiger partial charge in [0.25, 0.3) is 0 Å². The molecule has 0 spiro atoms. The van der Waals surface area contributed by atoms with E-state index in [0.29, 0.717) is 12.1 Å². The van der Waals surface area contributed by atoms with Crippen molar-refractivity contribution in [3.8, 4) is 0 Å². The number of nitrogens with one attached hydrogen (secondary N) is 2. The van der Waals surface area contributed by atoms with Gasteiger partial charge in [0.05, 0.1) is 0 Å². The highest BCUT2D eigenvalue weighted by Gasteiger charge is 2.32. The second-order valence-electron chi connectivity index (χ2n) is 7.53. The highest BCUT2D eigenvalue weighted by molar-refractivity contribution is 5.68. The lowest BCUT2D eigenvalue weighted by Crippen LogP contribution is -2.52. The highest BCUT2D eigenvalue weighted by Crippen LogP contribution is 2.22. The molecule has 0 aromatic heterocycles. The number of hydrogen-bond donors (Lipinski definition) is 2. The van der Waals surface area contributed by atoms with Crippen LogP contribution in [0.25, 0.3) is 0 Å². The number of carbonyl (C=O) groups excluding carboxylic acids is 1. The normalized spacial score (nSPS) is 28.6. The minimum Gasteiger partial charge on any atom is -0.444 e. The van der Waals surface area contributed by atoms with E-state index in [2.05, 4.69) is 22.6 Å². The molecule has 0 aromatic rings. The lowest BCUT2D eigenvalue weighted by atomic mass is 10.0. The predicted molar refractivity (Wildman–Crippen MR) is 84.5 cm³/mol. The second-order valence-corrected chi connectivity index (χ2v) is 7.53. The zero-order valence-electron chi connectivity index (χ0n) is 13.9. The molecule has 2 aliphatic rings. The van der Waals surface area contributed by atoms with E-state index in [0.717, 1.165) is 25.9 Å². The van der Waals surface area contributed by atoms with E-state index in [1.165, 1.54) is 19.3 Å². The Kier molecular flexibility index (Phi) is 5.49. The summed E-state index contributed by atoms with van der Waals surface area (Å²) in [5.41, 5.74) is -0.431. The summed E-state index contributed by atoms with van der Waals surface area (Å²) in [7, 11) is 2.18. The lowest BCUT2D eigenvalue weighted by molar-refractivity contribution is 0.0495. The molecule has 1 heterocycles. The van der Waals surface area contributed by atoms with Crippen LogP contribution in [0.15, 0.2) is 0 Å². The first-order valence-corrected chi connectivity index (χ1v) is 8.27. The lowest BCUT2D eigenvalue weighted by Gasteiger charge is -2.33. The monoisotopic (exact) mass is 297 g/mol. The van der Waals surface area contributed by atoms with E-state index in [4.69, 9.17) is 4.74 Å². The summed E-state index contributed by atoms with van der Waals surface area (Å²) in [5, 5.41) is 6.81. The van der Waals surface area contributed by atoms with Gasteiger partial charge in [-0.3, -0.25) is 0 Å². The Balaban J connectivity index is 1.79. The van der Waals surface area contributed by atoms with Gasteiger partial charge in [-0.2, -0.15) is 0 Å². The zero-order valence-corrected chi connectivity index (χ0v) is 13.9. The van der Waals surface area contributed by atoms with Gasteiger partial charge in [-0.05, 0) is 73.0 Å². The second kappa shape index (κ2) is 6.97. The molecule has 0 bridgehead atoms. The van der Waals surface area contributed by atoms with E-state index in [-0.39, 0.29) is 12.1 Å². The van der Waals surface area contributed by atoms with Crippen molar-refractivity contribution in [2.24, 2.45) is 0 Å². The summed E-state index contributed by atoms with van der Waals surface area (Å²) in [5.74, 6) is 0. The molecule has 0 radical (unpaired) electrons. The van der Waals surface area contributed by atoms with E-state index in [1.807, 2.05) is 20.8 Å². The third-order valence-corrected chi connectivity index (χ3v) is 4.39. The molecule has 0 unspecified atom stereocenters. The molecule has 1 saturated heterocycles. The van der Waals surface area contributed by atoms with Gasteiger partial charge in [0.1, 0.15) is 5.60 Å². The molecule has 2 N–H and O–H groups in total. The Morgan fingerprint density at radius 2 is 1.71 bits per heavy atom. The fourth-order valence-electron chi connectivity index (χ4n) is 3.27. The molecule has 1 amide bonds. The molecule has 0 aromatic carbocycles. The predicted octanol–water partition coefficient (Wildman–Crippen LogP) is 2.12. The Morgan fingerprint density at radius 3 is 2.33 bits per heavy atom. The van der Waals surface area contributed by atoms with Gasteiger partial charge in [-0.25, -0.2) is 4.79 Å². The standard InChI is InChI=1S/C16H31N3O2/c1-16(2,3)21-15(20)18-14-7-5-6-13(14)17-12-8-10-19(4)11-9-12/h12-14,17H,5-11H2,1-4H3,(H,18,20)/t13-,14+/m0/s1. The fraction of sp³-hybridized carbons (Fsp3) is 0.938. The quantitative estimate of drug-likeness (QED) is 0.838. The molecule has 122 valence electrons. The van der Waals surface area contributed by atoms with Crippen LogP contribution in [0.3, 0.4) is 0 Å². The summed E-state index contributed by atoms with van der Waals surface area (Å²) in [6.07, 6.45) is 5.48. The first-order chi connectivity index (χ1) is 9.83. The Labute approximate surface area is 128 Å². The summed E-state index contributed by atoms with van der Waals surface area (Å²) in [6.45, 7) is 8.02. The van der Waals surface area contributed by atoms with E-state index in [1.54, 1.807) is 0 Å². The molecular weight excluding hydrogens is 266 g/mol. The molecule has 5 nitrogen and oxygen atoms in total. The number of ether oxygens (including phenoxy) is 1. The van der Waals surface area contributed by atoms with Gasteiger partial charge in [0.2, 0.25) is 0 Å². The van der Waals surface area contributed by atoms with Crippen molar-refractivity contribution in [2.45, 2.75) is 76.6 Å². The number of likely N-dealkylation sites (tertiary alicyclic amines) is 1. The van der Waals surface area contributed by atoms with Crippen LogP contribution in [0.5, 0.6) is 0 Å². The van der Waals surface area contributed by atoms with Gasteiger partial charge >= 0.3 is 6.09 Å². The number of carbonyl (C=O) groups is 1. The molecule has 1 aliphatic heterocycles.